The number of hydrogen-bond acceptors (Lipinski definition) is 5. The zero-order valence-corrected chi connectivity index (χ0v) is 20.1. The second-order valence-corrected chi connectivity index (χ2v) is 8.34. The monoisotopic (exact) mass is 480 g/mol. The van der Waals surface area contributed by atoms with Crippen LogP contribution in [-0.2, 0) is 4.79 Å². The summed E-state index contributed by atoms with van der Waals surface area (Å²) in [7, 11) is 6.30. The molecule has 0 aliphatic carbocycles. The van der Waals surface area contributed by atoms with E-state index in [0.717, 1.165) is 5.56 Å². The van der Waals surface area contributed by atoms with Gasteiger partial charge in [0.15, 0.2) is 11.5 Å². The molecule has 176 valence electrons. The van der Waals surface area contributed by atoms with Crippen LogP contribution < -0.4 is 19.5 Å². The van der Waals surface area contributed by atoms with Gasteiger partial charge in [0.2, 0.25) is 5.91 Å². The molecular formula is C26H25ClN2O5. The van der Waals surface area contributed by atoms with Crippen LogP contribution in [0.4, 0.5) is 5.69 Å². The molecule has 0 bridgehead atoms. The molecule has 3 aromatic rings. The Hall–Kier alpha value is -3.71. The van der Waals surface area contributed by atoms with Gasteiger partial charge in [-0.25, -0.2) is 0 Å². The molecule has 0 radical (unpaired) electrons. The first-order valence-corrected chi connectivity index (χ1v) is 11.0. The van der Waals surface area contributed by atoms with Crippen LogP contribution in [0.25, 0.3) is 0 Å². The lowest BCUT2D eigenvalue weighted by molar-refractivity contribution is -0.119. The fourth-order valence-electron chi connectivity index (χ4n) is 4.34. The Balaban J connectivity index is 1.87. The van der Waals surface area contributed by atoms with Gasteiger partial charge in [0.1, 0.15) is 5.75 Å². The van der Waals surface area contributed by atoms with Crippen LogP contribution >= 0.6 is 11.6 Å². The van der Waals surface area contributed by atoms with Crippen molar-refractivity contribution in [1.29, 1.82) is 0 Å². The van der Waals surface area contributed by atoms with E-state index in [9.17, 15) is 9.59 Å². The van der Waals surface area contributed by atoms with Gasteiger partial charge >= 0.3 is 0 Å². The Labute approximate surface area is 203 Å². The molecular weight excluding hydrogens is 456 g/mol. The predicted octanol–water partition coefficient (Wildman–Crippen LogP) is 4.92. The van der Waals surface area contributed by atoms with Crippen molar-refractivity contribution in [2.45, 2.75) is 12.0 Å². The Morgan fingerprint density at radius 1 is 0.941 bits per heavy atom. The molecule has 1 aliphatic heterocycles. The van der Waals surface area contributed by atoms with E-state index in [4.69, 9.17) is 25.8 Å². The number of ether oxygens (including phenoxy) is 3. The quantitative estimate of drug-likeness (QED) is 0.542. The molecule has 1 heterocycles. The van der Waals surface area contributed by atoms with Gasteiger partial charge in [0.25, 0.3) is 5.91 Å². The molecule has 1 N–H and O–H groups in total. The van der Waals surface area contributed by atoms with Crippen molar-refractivity contribution < 1.29 is 23.8 Å². The summed E-state index contributed by atoms with van der Waals surface area (Å²) in [6.45, 7) is 0. The summed E-state index contributed by atoms with van der Waals surface area (Å²) in [6, 6.07) is 17.0. The minimum absolute atomic E-state index is 0.219. The fourth-order valence-corrected chi connectivity index (χ4v) is 4.53. The fraction of sp³-hybridized carbons (Fsp3) is 0.231. The van der Waals surface area contributed by atoms with E-state index in [-0.39, 0.29) is 11.8 Å². The molecule has 0 aromatic heterocycles. The predicted molar refractivity (Wildman–Crippen MR) is 130 cm³/mol. The van der Waals surface area contributed by atoms with Crippen molar-refractivity contribution in [2.24, 2.45) is 0 Å². The van der Waals surface area contributed by atoms with Gasteiger partial charge in [-0.15, -0.1) is 0 Å². The molecule has 0 saturated carbocycles. The number of amides is 2. The molecule has 0 saturated heterocycles. The third-order valence-corrected chi connectivity index (χ3v) is 6.24. The standard InChI is InChI=1S/C26H25ClN2O5/c1-29-24(15-8-10-18(32-2)11-9-15)23(25(30)28-17-7-5-6-16(27)12-17)19-13-21(33-3)22(34-4)14-20(19)26(29)31/h5-14,23-24H,1-4H3,(H,28,30)/t23-,24+/m0/s1. The lowest BCUT2D eigenvalue weighted by atomic mass is 9.79. The summed E-state index contributed by atoms with van der Waals surface area (Å²) in [5, 5.41) is 3.47. The van der Waals surface area contributed by atoms with E-state index in [1.165, 1.54) is 14.2 Å². The number of fused-ring (bicyclic) bond motifs is 1. The second kappa shape index (κ2) is 9.65. The number of carbonyl (C=O) groups excluding carboxylic acids is 2. The Kier molecular flexibility index (Phi) is 6.65. The third kappa shape index (κ3) is 4.26. The van der Waals surface area contributed by atoms with Crippen molar-refractivity contribution >= 4 is 29.1 Å². The summed E-state index contributed by atoms with van der Waals surface area (Å²) < 4.78 is 16.2. The number of carbonyl (C=O) groups is 2. The summed E-state index contributed by atoms with van der Waals surface area (Å²) in [6.07, 6.45) is 0. The number of rotatable bonds is 6. The van der Waals surface area contributed by atoms with Gasteiger partial charge in [-0.3, -0.25) is 9.59 Å². The van der Waals surface area contributed by atoms with Crippen molar-refractivity contribution in [3.05, 3.63) is 82.4 Å². The van der Waals surface area contributed by atoms with Gasteiger partial charge in [0.05, 0.1) is 33.3 Å². The highest BCUT2D eigenvalue weighted by Crippen LogP contribution is 2.46. The molecule has 0 unspecified atom stereocenters. The molecule has 0 spiro atoms. The summed E-state index contributed by atoms with van der Waals surface area (Å²) in [4.78, 5) is 28.8. The minimum atomic E-state index is -0.732. The number of anilines is 1. The van der Waals surface area contributed by atoms with E-state index < -0.39 is 12.0 Å². The maximum absolute atomic E-state index is 13.8. The molecule has 2 amide bonds. The van der Waals surface area contributed by atoms with Gasteiger partial charge in [-0.05, 0) is 53.6 Å². The minimum Gasteiger partial charge on any atom is -0.497 e. The first-order chi connectivity index (χ1) is 16.4. The van der Waals surface area contributed by atoms with E-state index in [0.29, 0.717) is 39.1 Å². The van der Waals surface area contributed by atoms with Crippen LogP contribution in [0.3, 0.4) is 0 Å². The van der Waals surface area contributed by atoms with Crippen LogP contribution in [0, 0.1) is 0 Å². The molecule has 3 aromatic carbocycles. The largest absolute Gasteiger partial charge is 0.497 e. The summed E-state index contributed by atoms with van der Waals surface area (Å²) in [5.41, 5.74) is 2.30. The van der Waals surface area contributed by atoms with E-state index >= 15 is 0 Å². The number of nitrogens with one attached hydrogen (secondary N) is 1. The molecule has 8 heteroatoms. The highest BCUT2D eigenvalue weighted by Gasteiger charge is 2.43. The first-order valence-electron chi connectivity index (χ1n) is 10.6. The van der Waals surface area contributed by atoms with Gasteiger partial charge in [-0.2, -0.15) is 0 Å². The summed E-state index contributed by atoms with van der Waals surface area (Å²) in [5.74, 6) is 0.303. The zero-order valence-electron chi connectivity index (χ0n) is 19.3. The number of benzene rings is 3. The highest BCUT2D eigenvalue weighted by molar-refractivity contribution is 6.30. The maximum Gasteiger partial charge on any atom is 0.254 e. The molecule has 0 fully saturated rings. The normalized spacial score (nSPS) is 17.1. The van der Waals surface area contributed by atoms with Gasteiger partial charge < -0.3 is 24.4 Å². The Morgan fingerprint density at radius 2 is 1.62 bits per heavy atom. The van der Waals surface area contributed by atoms with E-state index in [1.54, 1.807) is 55.5 Å². The zero-order chi connectivity index (χ0) is 24.4. The van der Waals surface area contributed by atoms with Crippen LogP contribution in [0.5, 0.6) is 17.2 Å². The van der Waals surface area contributed by atoms with Crippen molar-refractivity contribution in [3.63, 3.8) is 0 Å². The SMILES string of the molecule is COc1ccc([C@@H]2[C@@H](C(=O)Nc3cccc(Cl)c3)c3cc(OC)c(OC)cc3C(=O)N2C)cc1. The smallest absolute Gasteiger partial charge is 0.254 e. The van der Waals surface area contributed by atoms with Crippen LogP contribution in [-0.4, -0.2) is 45.1 Å². The number of likely N-dealkylation sites (N-methyl/N-ethyl adjacent to an activating group) is 1. The highest BCUT2D eigenvalue weighted by atomic mass is 35.5. The van der Waals surface area contributed by atoms with Crippen LogP contribution in [0.1, 0.15) is 33.4 Å². The maximum atomic E-state index is 13.8. The molecule has 34 heavy (non-hydrogen) atoms. The average Bonchev–Trinajstić information content (AvgIpc) is 2.85. The van der Waals surface area contributed by atoms with E-state index in [2.05, 4.69) is 5.32 Å². The lowest BCUT2D eigenvalue weighted by Gasteiger charge is -2.40. The third-order valence-electron chi connectivity index (χ3n) is 6.01. The molecule has 1 aliphatic rings. The number of halogens is 1. The number of nitrogens with zero attached hydrogens (tertiary/aromatic N) is 1. The van der Waals surface area contributed by atoms with Crippen LogP contribution in [0.15, 0.2) is 60.7 Å². The van der Waals surface area contributed by atoms with E-state index in [1.807, 2.05) is 24.3 Å². The van der Waals surface area contributed by atoms with Crippen molar-refractivity contribution in [3.8, 4) is 17.2 Å². The molecule has 2 atom stereocenters. The Bertz CT molecular complexity index is 1230. The Morgan fingerprint density at radius 3 is 2.24 bits per heavy atom. The molecule has 7 nitrogen and oxygen atoms in total. The van der Waals surface area contributed by atoms with Crippen molar-refractivity contribution in [1.82, 2.24) is 4.90 Å². The van der Waals surface area contributed by atoms with Crippen molar-refractivity contribution in [2.75, 3.05) is 33.7 Å². The first kappa shape index (κ1) is 23.4. The number of hydrogen-bond donors (Lipinski definition) is 1. The topological polar surface area (TPSA) is 77.1 Å². The second-order valence-electron chi connectivity index (χ2n) is 7.91. The number of methoxy groups -OCH3 is 3. The van der Waals surface area contributed by atoms with Crippen LogP contribution in [0.2, 0.25) is 5.02 Å². The van der Waals surface area contributed by atoms with Gasteiger partial charge in [0, 0.05) is 23.3 Å². The average molecular weight is 481 g/mol. The lowest BCUT2D eigenvalue weighted by Crippen LogP contribution is -2.44. The van der Waals surface area contributed by atoms with Gasteiger partial charge in [-0.1, -0.05) is 29.8 Å². The molecule has 4 rings (SSSR count). The summed E-state index contributed by atoms with van der Waals surface area (Å²) >= 11 is 6.12.